The zero-order valence-corrected chi connectivity index (χ0v) is 21.7. The summed E-state index contributed by atoms with van der Waals surface area (Å²) in [6.07, 6.45) is 1.68. The van der Waals surface area contributed by atoms with Crippen LogP contribution in [0.2, 0.25) is 0 Å². The highest BCUT2D eigenvalue weighted by molar-refractivity contribution is 7.89. The first-order chi connectivity index (χ1) is 18.9. The van der Waals surface area contributed by atoms with E-state index in [1.165, 1.54) is 12.1 Å². The molecule has 1 aliphatic heterocycles. The highest BCUT2D eigenvalue weighted by Crippen LogP contribution is 2.20. The fourth-order valence-corrected chi connectivity index (χ4v) is 4.32. The van der Waals surface area contributed by atoms with Gasteiger partial charge in [-0.3, -0.25) is 0 Å². The van der Waals surface area contributed by atoms with Crippen LogP contribution >= 0.6 is 0 Å². The number of aromatic nitrogens is 3. The number of ether oxygens (including phenoxy) is 1. The molecule has 200 valence electrons. The van der Waals surface area contributed by atoms with Crippen LogP contribution in [0.5, 0.6) is 0 Å². The molecule has 5 N–H and O–H groups in total. The molecular weight excluding hydrogens is 518 g/mol. The molecule has 1 aliphatic rings. The number of para-hydroxylation sites is 1. The fourth-order valence-electron chi connectivity index (χ4n) is 3.80. The number of rotatable bonds is 9. The van der Waals surface area contributed by atoms with E-state index < -0.39 is 10.0 Å². The second-order valence-electron chi connectivity index (χ2n) is 8.55. The first kappa shape index (κ1) is 26.0. The Labute approximate surface area is 226 Å². The van der Waals surface area contributed by atoms with Crippen molar-refractivity contribution in [2.75, 3.05) is 47.3 Å². The third-order valence-corrected chi connectivity index (χ3v) is 6.68. The predicted octanol–water partition coefficient (Wildman–Crippen LogP) is 3.29. The van der Waals surface area contributed by atoms with Crippen molar-refractivity contribution in [3.05, 3.63) is 84.4 Å². The van der Waals surface area contributed by atoms with Crippen molar-refractivity contribution in [2.45, 2.75) is 4.90 Å². The molecular formula is C26H27N9O3S. The molecule has 0 amide bonds. The maximum atomic E-state index is 11.5. The first-order valence-corrected chi connectivity index (χ1v) is 13.7. The number of hydrogen-bond donors (Lipinski definition) is 4. The van der Waals surface area contributed by atoms with Gasteiger partial charge in [-0.05, 0) is 54.1 Å². The van der Waals surface area contributed by atoms with Crippen molar-refractivity contribution in [3.63, 3.8) is 0 Å². The standard InChI is InChI=1S/C26H27N9O3S/c27-39(36,37)23-12-8-21(9-13-23)30-25-31-24(29-20-4-2-1-3-5-20)32-26(33-25)34-28-18-19-6-10-22(11-7-19)35-14-16-38-17-15-35/h1-13,18H,14-17H2,(H2,27,36,37)(H3,29,30,31,32,33,34)/b28-18+. The van der Waals surface area contributed by atoms with E-state index in [1.807, 2.05) is 42.5 Å². The molecule has 3 aromatic carbocycles. The number of nitrogens with two attached hydrogens (primary N) is 1. The Bertz CT molecular complexity index is 1530. The highest BCUT2D eigenvalue weighted by Gasteiger charge is 2.11. The first-order valence-electron chi connectivity index (χ1n) is 12.1. The van der Waals surface area contributed by atoms with Gasteiger partial charge in [0.25, 0.3) is 0 Å². The highest BCUT2D eigenvalue weighted by atomic mass is 32.2. The Balaban J connectivity index is 1.32. The van der Waals surface area contributed by atoms with Gasteiger partial charge in [0, 0.05) is 30.2 Å². The Hall–Kier alpha value is -4.59. The summed E-state index contributed by atoms with van der Waals surface area (Å²) in [5.41, 5.74) is 6.27. The van der Waals surface area contributed by atoms with Crippen LogP contribution in [0.15, 0.2) is 88.9 Å². The second-order valence-corrected chi connectivity index (χ2v) is 10.1. The molecule has 0 aliphatic carbocycles. The maximum absolute atomic E-state index is 11.5. The SMILES string of the molecule is NS(=O)(=O)c1ccc(Nc2nc(N/N=C/c3ccc(N4CCOCC4)cc3)nc(Nc3ccccc3)n2)cc1. The molecule has 0 bridgehead atoms. The molecule has 12 nitrogen and oxygen atoms in total. The van der Waals surface area contributed by atoms with Crippen molar-refractivity contribution in [3.8, 4) is 0 Å². The Morgan fingerprint density at radius 3 is 2.00 bits per heavy atom. The fraction of sp³-hybridized carbons (Fsp3) is 0.154. The van der Waals surface area contributed by atoms with Gasteiger partial charge < -0.3 is 20.3 Å². The minimum atomic E-state index is -3.79. The molecule has 0 spiro atoms. The molecule has 5 rings (SSSR count). The summed E-state index contributed by atoms with van der Waals surface area (Å²) < 4.78 is 28.5. The molecule has 1 fully saturated rings. The Morgan fingerprint density at radius 1 is 0.795 bits per heavy atom. The van der Waals surface area contributed by atoms with Crippen molar-refractivity contribution >= 4 is 51.1 Å². The molecule has 0 radical (unpaired) electrons. The molecule has 13 heteroatoms. The number of nitrogens with one attached hydrogen (secondary N) is 3. The van der Waals surface area contributed by atoms with Crippen molar-refractivity contribution in [1.29, 1.82) is 0 Å². The van der Waals surface area contributed by atoms with Gasteiger partial charge in [-0.15, -0.1) is 0 Å². The van der Waals surface area contributed by atoms with Crippen LogP contribution in [-0.4, -0.2) is 55.9 Å². The molecule has 0 unspecified atom stereocenters. The normalized spacial score (nSPS) is 13.8. The predicted molar refractivity (Wildman–Crippen MR) is 151 cm³/mol. The van der Waals surface area contributed by atoms with Crippen LogP contribution in [0.4, 0.5) is 34.9 Å². The summed E-state index contributed by atoms with van der Waals surface area (Å²) in [7, 11) is -3.79. The van der Waals surface area contributed by atoms with Crippen LogP contribution in [0, 0.1) is 0 Å². The number of morpholine rings is 1. The van der Waals surface area contributed by atoms with Gasteiger partial charge in [0.2, 0.25) is 27.9 Å². The number of primary sulfonamides is 1. The Morgan fingerprint density at radius 2 is 1.38 bits per heavy atom. The molecule has 0 atom stereocenters. The van der Waals surface area contributed by atoms with Gasteiger partial charge in [0.1, 0.15) is 0 Å². The van der Waals surface area contributed by atoms with E-state index in [1.54, 1.807) is 18.3 Å². The van der Waals surface area contributed by atoms with Crippen molar-refractivity contribution in [1.82, 2.24) is 15.0 Å². The summed E-state index contributed by atoms with van der Waals surface area (Å²) >= 11 is 0. The quantitative estimate of drug-likeness (QED) is 0.181. The van der Waals surface area contributed by atoms with E-state index in [9.17, 15) is 8.42 Å². The molecule has 39 heavy (non-hydrogen) atoms. The van der Waals surface area contributed by atoms with E-state index in [0.29, 0.717) is 5.69 Å². The molecule has 0 saturated carbocycles. The van der Waals surface area contributed by atoms with Crippen LogP contribution in [-0.2, 0) is 14.8 Å². The lowest BCUT2D eigenvalue weighted by molar-refractivity contribution is 0.122. The largest absolute Gasteiger partial charge is 0.378 e. The minimum Gasteiger partial charge on any atom is -0.378 e. The van der Waals surface area contributed by atoms with Crippen molar-refractivity contribution in [2.24, 2.45) is 10.2 Å². The summed E-state index contributed by atoms with van der Waals surface area (Å²) in [6.45, 7) is 3.22. The number of anilines is 6. The summed E-state index contributed by atoms with van der Waals surface area (Å²) in [4.78, 5) is 15.5. The second kappa shape index (κ2) is 11.9. The van der Waals surface area contributed by atoms with Gasteiger partial charge >= 0.3 is 0 Å². The van der Waals surface area contributed by atoms with Crippen LogP contribution in [0.1, 0.15) is 5.56 Å². The van der Waals surface area contributed by atoms with E-state index in [2.05, 4.69) is 53.1 Å². The number of benzene rings is 3. The number of hydrazone groups is 1. The number of sulfonamides is 1. The Kier molecular flexibility index (Phi) is 7.91. The summed E-state index contributed by atoms with van der Waals surface area (Å²) in [6, 6.07) is 23.5. The lowest BCUT2D eigenvalue weighted by atomic mass is 10.2. The van der Waals surface area contributed by atoms with E-state index in [0.717, 1.165) is 43.2 Å². The number of hydrogen-bond acceptors (Lipinski definition) is 11. The van der Waals surface area contributed by atoms with Gasteiger partial charge in [0.15, 0.2) is 0 Å². The van der Waals surface area contributed by atoms with E-state index in [-0.39, 0.29) is 22.7 Å². The molecule has 2 heterocycles. The monoisotopic (exact) mass is 545 g/mol. The molecule has 4 aromatic rings. The van der Waals surface area contributed by atoms with Gasteiger partial charge in [-0.25, -0.2) is 19.0 Å². The van der Waals surface area contributed by atoms with Crippen molar-refractivity contribution < 1.29 is 13.2 Å². The lowest BCUT2D eigenvalue weighted by Crippen LogP contribution is -2.36. The van der Waals surface area contributed by atoms with E-state index >= 15 is 0 Å². The van der Waals surface area contributed by atoms with Gasteiger partial charge in [0.05, 0.1) is 24.3 Å². The summed E-state index contributed by atoms with van der Waals surface area (Å²) in [5.74, 6) is 0.708. The summed E-state index contributed by atoms with van der Waals surface area (Å²) in [5, 5.41) is 15.7. The minimum absolute atomic E-state index is 0.00445. The lowest BCUT2D eigenvalue weighted by Gasteiger charge is -2.28. The van der Waals surface area contributed by atoms with Crippen LogP contribution in [0.25, 0.3) is 0 Å². The maximum Gasteiger partial charge on any atom is 0.250 e. The van der Waals surface area contributed by atoms with Gasteiger partial charge in [-0.1, -0.05) is 30.3 Å². The smallest absolute Gasteiger partial charge is 0.250 e. The molecule has 1 saturated heterocycles. The topological polar surface area (TPSA) is 160 Å². The zero-order chi connectivity index (χ0) is 27.1. The number of nitrogens with zero attached hydrogens (tertiary/aromatic N) is 5. The van der Waals surface area contributed by atoms with Gasteiger partial charge in [-0.2, -0.15) is 20.1 Å². The van der Waals surface area contributed by atoms with E-state index in [4.69, 9.17) is 9.88 Å². The third-order valence-electron chi connectivity index (χ3n) is 5.75. The average molecular weight is 546 g/mol. The van der Waals surface area contributed by atoms with Crippen LogP contribution in [0.3, 0.4) is 0 Å². The third kappa shape index (κ3) is 7.25. The zero-order valence-electron chi connectivity index (χ0n) is 20.9. The average Bonchev–Trinajstić information content (AvgIpc) is 2.94. The van der Waals surface area contributed by atoms with Crippen LogP contribution < -0.4 is 26.1 Å². The molecule has 1 aromatic heterocycles.